The predicted octanol–water partition coefficient (Wildman–Crippen LogP) is 9.22. The zero-order valence-electron chi connectivity index (χ0n) is 24.3. The Bertz CT molecular complexity index is 1320. The highest BCUT2D eigenvalue weighted by molar-refractivity contribution is 5.78. The normalized spacial score (nSPS) is 35.3. The summed E-state index contributed by atoms with van der Waals surface area (Å²) in [4.78, 5) is 17.4. The van der Waals surface area contributed by atoms with Crippen LogP contribution < -0.4 is 5.63 Å². The summed E-state index contributed by atoms with van der Waals surface area (Å²) in [6.07, 6.45) is 18.0. The summed E-state index contributed by atoms with van der Waals surface area (Å²) < 4.78 is 5.73. The maximum atomic E-state index is 12.6. The number of benzene rings is 1. The number of rotatable bonds is 6. The van der Waals surface area contributed by atoms with Gasteiger partial charge in [0.2, 0.25) is 5.89 Å². The molecule has 2 aromatic rings. The quantitative estimate of drug-likeness (QED) is 0.386. The van der Waals surface area contributed by atoms with Gasteiger partial charge in [-0.05, 0) is 109 Å². The molecule has 0 unspecified atom stereocenters. The second-order valence-electron chi connectivity index (χ2n) is 14.2. The third-order valence-electron chi connectivity index (χ3n) is 11.8. The van der Waals surface area contributed by atoms with Crippen LogP contribution in [0.1, 0.15) is 105 Å². The highest BCUT2D eigenvalue weighted by atomic mass is 16.4. The van der Waals surface area contributed by atoms with E-state index in [-0.39, 0.29) is 11.0 Å². The summed E-state index contributed by atoms with van der Waals surface area (Å²) in [5, 5.41) is 0.562. The van der Waals surface area contributed by atoms with Crippen LogP contribution in [0.2, 0.25) is 0 Å². The van der Waals surface area contributed by atoms with Crippen molar-refractivity contribution in [1.29, 1.82) is 0 Å². The first-order chi connectivity index (χ1) is 18.2. The van der Waals surface area contributed by atoms with E-state index in [1.165, 1.54) is 56.9 Å². The van der Waals surface area contributed by atoms with Gasteiger partial charge in [0.05, 0.1) is 10.9 Å². The van der Waals surface area contributed by atoms with Crippen molar-refractivity contribution in [2.45, 2.75) is 98.8 Å². The van der Waals surface area contributed by atoms with Gasteiger partial charge in [0.25, 0.3) is 0 Å². The van der Waals surface area contributed by atoms with E-state index in [0.29, 0.717) is 16.7 Å². The molecule has 4 aliphatic rings. The van der Waals surface area contributed by atoms with Crippen LogP contribution in [0, 0.1) is 46.3 Å². The van der Waals surface area contributed by atoms with Gasteiger partial charge in [0.1, 0.15) is 0 Å². The van der Waals surface area contributed by atoms with Crippen molar-refractivity contribution in [3.8, 4) is 0 Å². The molecule has 0 bridgehead atoms. The fourth-order valence-electron chi connectivity index (χ4n) is 9.67. The predicted molar refractivity (Wildman–Crippen MR) is 157 cm³/mol. The first-order valence-corrected chi connectivity index (χ1v) is 15.5. The molecule has 6 rings (SSSR count). The van der Waals surface area contributed by atoms with E-state index in [1.54, 1.807) is 6.07 Å². The second-order valence-corrected chi connectivity index (χ2v) is 14.2. The molecule has 0 N–H and O–H groups in total. The minimum absolute atomic E-state index is 0.228. The molecule has 7 atom stereocenters. The molecular weight excluding hydrogens is 466 g/mol. The van der Waals surface area contributed by atoms with E-state index >= 15 is 0 Å². The molecule has 0 saturated heterocycles. The highest BCUT2D eigenvalue weighted by Gasteiger charge is 2.58. The number of hydrogen-bond donors (Lipinski definition) is 0. The van der Waals surface area contributed by atoms with E-state index in [4.69, 9.17) is 9.40 Å². The zero-order valence-corrected chi connectivity index (χ0v) is 24.3. The molecule has 1 aromatic carbocycles. The van der Waals surface area contributed by atoms with Gasteiger partial charge >= 0.3 is 5.63 Å². The van der Waals surface area contributed by atoms with Crippen LogP contribution in [0.4, 0.5) is 0 Å². The Morgan fingerprint density at radius 3 is 2.66 bits per heavy atom. The molecule has 1 heterocycles. The van der Waals surface area contributed by atoms with Crippen LogP contribution in [0.3, 0.4) is 0 Å². The third kappa shape index (κ3) is 4.23. The van der Waals surface area contributed by atoms with Crippen molar-refractivity contribution < 1.29 is 4.42 Å². The molecule has 4 aliphatic carbocycles. The molecule has 3 nitrogen and oxygen atoms in total. The summed E-state index contributed by atoms with van der Waals surface area (Å²) in [5.74, 6) is 5.56. The van der Waals surface area contributed by atoms with Crippen LogP contribution in [-0.4, -0.2) is 4.98 Å². The minimum atomic E-state index is -0.279. The first-order valence-electron chi connectivity index (χ1n) is 15.5. The molecule has 0 spiro atoms. The lowest BCUT2D eigenvalue weighted by molar-refractivity contribution is -0.0449. The largest absolute Gasteiger partial charge is 0.403 e. The number of nitrogens with zero attached hydrogens (tertiary/aromatic N) is 1. The van der Waals surface area contributed by atoms with Crippen LogP contribution >= 0.6 is 0 Å². The van der Waals surface area contributed by atoms with Crippen LogP contribution in [0.25, 0.3) is 16.5 Å². The second kappa shape index (κ2) is 9.79. The van der Waals surface area contributed by atoms with Crippen LogP contribution in [0.5, 0.6) is 0 Å². The minimum Gasteiger partial charge on any atom is -0.403 e. The van der Waals surface area contributed by atoms with Gasteiger partial charge in [-0.1, -0.05) is 78.2 Å². The molecule has 2 saturated carbocycles. The fraction of sp³-hybridized carbons (Fsp3) is 0.657. The SMILES string of the molecule is CC(C)CCC[C@@H](C)[C@H]1CC[C@H]2[C@@H]3CC=C4C=C(c5nc6ccccc6c(=O)o5)CC[C@]4(C)[C@H]3CC[C@]12C. The number of allylic oxidation sites excluding steroid dienone is 4. The summed E-state index contributed by atoms with van der Waals surface area (Å²) in [7, 11) is 0. The molecule has 1 aromatic heterocycles. The Morgan fingerprint density at radius 2 is 1.84 bits per heavy atom. The number of hydrogen-bond acceptors (Lipinski definition) is 3. The Morgan fingerprint density at radius 1 is 1.03 bits per heavy atom. The summed E-state index contributed by atoms with van der Waals surface area (Å²) in [6.45, 7) is 12.5. The van der Waals surface area contributed by atoms with Crippen LogP contribution in [-0.2, 0) is 0 Å². The zero-order chi connectivity index (χ0) is 26.7. The van der Waals surface area contributed by atoms with Gasteiger partial charge in [0, 0.05) is 5.57 Å². The van der Waals surface area contributed by atoms with Gasteiger partial charge < -0.3 is 4.42 Å². The number of aromatic nitrogens is 1. The van der Waals surface area contributed by atoms with E-state index in [9.17, 15) is 4.79 Å². The first kappa shape index (κ1) is 26.1. The Hall–Kier alpha value is -2.16. The van der Waals surface area contributed by atoms with Crippen molar-refractivity contribution in [2.24, 2.45) is 46.3 Å². The maximum Gasteiger partial charge on any atom is 0.347 e. The average molecular weight is 514 g/mol. The van der Waals surface area contributed by atoms with Crippen molar-refractivity contribution in [2.75, 3.05) is 0 Å². The molecule has 2 fully saturated rings. The highest BCUT2D eigenvalue weighted by Crippen LogP contribution is 2.67. The van der Waals surface area contributed by atoms with E-state index in [1.807, 2.05) is 18.2 Å². The smallest absolute Gasteiger partial charge is 0.347 e. The van der Waals surface area contributed by atoms with E-state index < -0.39 is 0 Å². The molecule has 3 heteroatoms. The lowest BCUT2D eigenvalue weighted by atomic mass is 9.47. The van der Waals surface area contributed by atoms with Crippen molar-refractivity contribution in [3.05, 3.63) is 58.3 Å². The Labute approximate surface area is 229 Å². The monoisotopic (exact) mass is 513 g/mol. The topological polar surface area (TPSA) is 43.1 Å². The van der Waals surface area contributed by atoms with Crippen molar-refractivity contribution in [3.63, 3.8) is 0 Å². The number of fused-ring (bicyclic) bond motifs is 6. The molecule has 0 amide bonds. The summed E-state index contributed by atoms with van der Waals surface area (Å²) >= 11 is 0. The van der Waals surface area contributed by atoms with Crippen molar-refractivity contribution in [1.82, 2.24) is 4.98 Å². The fourth-order valence-corrected chi connectivity index (χ4v) is 9.67. The Balaban J connectivity index is 1.24. The molecule has 0 radical (unpaired) electrons. The standard InChI is InChI=1S/C35H47NO2/c1-22(2)9-8-10-23(3)28-15-16-29-26-14-13-25-21-24(17-19-34(25,4)30(26)18-20-35(28,29)5)32-36-31-12-7-6-11-27(31)33(37)38-32/h6-7,11-13,21-23,26,28-30H,8-10,14-20H2,1-5H3/t23-,26+,28-,29+,30+,34+,35-/m1/s1. The van der Waals surface area contributed by atoms with Gasteiger partial charge in [-0.2, -0.15) is 0 Å². The van der Waals surface area contributed by atoms with Crippen LogP contribution in [0.15, 0.2) is 51.2 Å². The van der Waals surface area contributed by atoms with E-state index in [0.717, 1.165) is 59.4 Å². The third-order valence-corrected chi connectivity index (χ3v) is 11.8. The van der Waals surface area contributed by atoms with Gasteiger partial charge in [-0.3, -0.25) is 0 Å². The summed E-state index contributed by atoms with van der Waals surface area (Å²) in [5.41, 5.74) is 3.76. The molecule has 0 aliphatic heterocycles. The number of para-hydroxylation sites is 1. The maximum absolute atomic E-state index is 12.6. The lowest BCUT2D eigenvalue weighted by Gasteiger charge is -2.57. The lowest BCUT2D eigenvalue weighted by Crippen LogP contribution is -2.49. The molecular formula is C35H47NO2. The summed E-state index contributed by atoms with van der Waals surface area (Å²) in [6, 6.07) is 7.51. The molecule has 38 heavy (non-hydrogen) atoms. The van der Waals surface area contributed by atoms with E-state index in [2.05, 4.69) is 46.8 Å². The van der Waals surface area contributed by atoms with Gasteiger partial charge in [-0.15, -0.1) is 0 Å². The van der Waals surface area contributed by atoms with Gasteiger partial charge in [-0.25, -0.2) is 9.78 Å². The van der Waals surface area contributed by atoms with Gasteiger partial charge in [0.15, 0.2) is 0 Å². The Kier molecular flexibility index (Phi) is 6.72. The average Bonchev–Trinajstić information content (AvgIpc) is 3.25. The van der Waals surface area contributed by atoms with Crippen molar-refractivity contribution >= 4 is 16.5 Å². The molecule has 204 valence electrons.